The SMILES string of the molecule is Cc1cc(OC(=O)c2ccc(S(=O)(=O)N3CCOCC3)cc2)ccc1Cl. The molecule has 0 aromatic heterocycles. The molecule has 0 N–H and O–H groups in total. The Morgan fingerprint density at radius 2 is 1.77 bits per heavy atom. The number of hydrogen-bond acceptors (Lipinski definition) is 5. The summed E-state index contributed by atoms with van der Waals surface area (Å²) in [5, 5.41) is 0.586. The Bertz CT molecular complexity index is 906. The summed E-state index contributed by atoms with van der Waals surface area (Å²) in [5.41, 5.74) is 1.06. The summed E-state index contributed by atoms with van der Waals surface area (Å²) in [7, 11) is -3.59. The Morgan fingerprint density at radius 3 is 2.38 bits per heavy atom. The van der Waals surface area contributed by atoms with Crippen molar-refractivity contribution in [2.75, 3.05) is 26.3 Å². The van der Waals surface area contributed by atoms with Gasteiger partial charge in [0, 0.05) is 18.1 Å². The summed E-state index contributed by atoms with van der Waals surface area (Å²) in [6.07, 6.45) is 0. The summed E-state index contributed by atoms with van der Waals surface area (Å²) < 4.78 is 37.0. The number of hydrogen-bond donors (Lipinski definition) is 0. The number of morpholine rings is 1. The van der Waals surface area contributed by atoms with E-state index in [0.29, 0.717) is 37.1 Å². The van der Waals surface area contributed by atoms with Crippen molar-refractivity contribution >= 4 is 27.6 Å². The third kappa shape index (κ3) is 4.07. The van der Waals surface area contributed by atoms with Gasteiger partial charge in [-0.05, 0) is 55.0 Å². The van der Waals surface area contributed by atoms with Crippen molar-refractivity contribution in [1.82, 2.24) is 4.31 Å². The standard InChI is InChI=1S/C18H18ClNO5S/c1-13-12-15(4-7-17(13)19)25-18(21)14-2-5-16(6-3-14)26(22,23)20-8-10-24-11-9-20/h2-7,12H,8-11H2,1H3. The van der Waals surface area contributed by atoms with E-state index < -0.39 is 16.0 Å². The highest BCUT2D eigenvalue weighted by Gasteiger charge is 2.26. The lowest BCUT2D eigenvalue weighted by Gasteiger charge is -2.26. The van der Waals surface area contributed by atoms with E-state index in [1.807, 2.05) is 6.92 Å². The van der Waals surface area contributed by atoms with Crippen molar-refractivity contribution in [2.24, 2.45) is 0 Å². The molecule has 1 aliphatic heterocycles. The minimum absolute atomic E-state index is 0.137. The topological polar surface area (TPSA) is 72.9 Å². The molecular weight excluding hydrogens is 378 g/mol. The molecule has 2 aromatic rings. The van der Waals surface area contributed by atoms with Crippen molar-refractivity contribution in [2.45, 2.75) is 11.8 Å². The molecule has 138 valence electrons. The van der Waals surface area contributed by atoms with Crippen LogP contribution in [0.1, 0.15) is 15.9 Å². The summed E-state index contributed by atoms with van der Waals surface area (Å²) in [6, 6.07) is 10.6. The van der Waals surface area contributed by atoms with Gasteiger partial charge in [0.05, 0.1) is 23.7 Å². The molecular formula is C18H18ClNO5S. The van der Waals surface area contributed by atoms with Crippen molar-refractivity contribution in [3.05, 3.63) is 58.6 Å². The first kappa shape index (κ1) is 18.8. The number of carbonyl (C=O) groups is 1. The van der Waals surface area contributed by atoms with Crippen LogP contribution in [0.3, 0.4) is 0 Å². The number of ether oxygens (including phenoxy) is 2. The van der Waals surface area contributed by atoms with Gasteiger partial charge >= 0.3 is 5.97 Å². The Hall–Kier alpha value is -1.93. The van der Waals surface area contributed by atoms with Crippen LogP contribution in [0.5, 0.6) is 5.75 Å². The second kappa shape index (κ2) is 7.75. The Balaban J connectivity index is 1.74. The average molecular weight is 396 g/mol. The van der Waals surface area contributed by atoms with Gasteiger partial charge in [-0.15, -0.1) is 0 Å². The van der Waals surface area contributed by atoms with Crippen LogP contribution in [0.4, 0.5) is 0 Å². The number of rotatable bonds is 4. The summed E-state index contributed by atoms with van der Waals surface area (Å²) in [6.45, 7) is 3.21. The van der Waals surface area contributed by atoms with Crippen LogP contribution in [-0.4, -0.2) is 45.0 Å². The summed E-state index contributed by atoms with van der Waals surface area (Å²) in [4.78, 5) is 12.4. The van der Waals surface area contributed by atoms with E-state index >= 15 is 0 Å². The summed E-state index contributed by atoms with van der Waals surface area (Å²) >= 11 is 5.95. The normalized spacial score (nSPS) is 15.6. The smallest absolute Gasteiger partial charge is 0.343 e. The average Bonchev–Trinajstić information content (AvgIpc) is 2.65. The molecule has 1 heterocycles. The molecule has 0 aliphatic carbocycles. The zero-order valence-electron chi connectivity index (χ0n) is 14.1. The van der Waals surface area contributed by atoms with E-state index in [0.717, 1.165) is 5.56 Å². The van der Waals surface area contributed by atoms with Crippen LogP contribution in [0, 0.1) is 6.92 Å². The van der Waals surface area contributed by atoms with Crippen LogP contribution < -0.4 is 4.74 Å². The number of aryl methyl sites for hydroxylation is 1. The predicted octanol–water partition coefficient (Wildman–Crippen LogP) is 2.89. The fourth-order valence-corrected chi connectivity index (χ4v) is 4.07. The van der Waals surface area contributed by atoms with E-state index in [4.69, 9.17) is 21.1 Å². The number of benzene rings is 2. The molecule has 0 saturated carbocycles. The lowest BCUT2D eigenvalue weighted by Crippen LogP contribution is -2.40. The van der Waals surface area contributed by atoms with Crippen molar-refractivity contribution < 1.29 is 22.7 Å². The van der Waals surface area contributed by atoms with E-state index in [-0.39, 0.29) is 10.5 Å². The number of esters is 1. The largest absolute Gasteiger partial charge is 0.423 e. The molecule has 0 radical (unpaired) electrons. The lowest BCUT2D eigenvalue weighted by atomic mass is 10.2. The molecule has 2 aromatic carbocycles. The van der Waals surface area contributed by atoms with Gasteiger partial charge in [0.1, 0.15) is 5.75 Å². The van der Waals surface area contributed by atoms with Gasteiger partial charge in [0.25, 0.3) is 0 Å². The molecule has 0 bridgehead atoms. The van der Waals surface area contributed by atoms with Crippen molar-refractivity contribution in [3.63, 3.8) is 0 Å². The fraction of sp³-hybridized carbons (Fsp3) is 0.278. The van der Waals surface area contributed by atoms with Crippen LogP contribution in [-0.2, 0) is 14.8 Å². The number of carbonyl (C=O) groups excluding carboxylic acids is 1. The van der Waals surface area contributed by atoms with Gasteiger partial charge in [-0.1, -0.05) is 11.6 Å². The molecule has 0 amide bonds. The Kier molecular flexibility index (Phi) is 5.62. The number of halogens is 1. The Labute approximate surface area is 157 Å². The molecule has 3 rings (SSSR count). The molecule has 0 atom stereocenters. The highest BCUT2D eigenvalue weighted by Crippen LogP contribution is 2.22. The quantitative estimate of drug-likeness (QED) is 0.588. The fourth-order valence-electron chi connectivity index (χ4n) is 2.55. The monoisotopic (exact) mass is 395 g/mol. The Morgan fingerprint density at radius 1 is 1.12 bits per heavy atom. The van der Waals surface area contributed by atoms with Gasteiger partial charge in [-0.3, -0.25) is 0 Å². The zero-order valence-corrected chi connectivity index (χ0v) is 15.7. The first-order valence-electron chi connectivity index (χ1n) is 8.04. The molecule has 6 nitrogen and oxygen atoms in total. The second-order valence-corrected chi connectivity index (χ2v) is 8.19. The van der Waals surface area contributed by atoms with E-state index in [2.05, 4.69) is 0 Å². The van der Waals surface area contributed by atoms with Crippen molar-refractivity contribution in [1.29, 1.82) is 0 Å². The van der Waals surface area contributed by atoms with Crippen LogP contribution in [0.25, 0.3) is 0 Å². The number of nitrogens with zero attached hydrogens (tertiary/aromatic N) is 1. The highest BCUT2D eigenvalue weighted by atomic mass is 35.5. The molecule has 0 unspecified atom stereocenters. The molecule has 26 heavy (non-hydrogen) atoms. The minimum Gasteiger partial charge on any atom is -0.423 e. The second-order valence-electron chi connectivity index (χ2n) is 5.84. The molecule has 1 fully saturated rings. The predicted molar refractivity (Wildman–Crippen MR) is 97.2 cm³/mol. The third-order valence-electron chi connectivity index (χ3n) is 4.04. The van der Waals surface area contributed by atoms with Crippen LogP contribution >= 0.6 is 11.6 Å². The van der Waals surface area contributed by atoms with Gasteiger partial charge in [-0.2, -0.15) is 4.31 Å². The van der Waals surface area contributed by atoms with Gasteiger partial charge in [-0.25, -0.2) is 13.2 Å². The van der Waals surface area contributed by atoms with Crippen molar-refractivity contribution in [3.8, 4) is 5.75 Å². The van der Waals surface area contributed by atoms with Gasteiger partial charge in [0.15, 0.2) is 0 Å². The first-order chi connectivity index (χ1) is 12.4. The van der Waals surface area contributed by atoms with E-state index in [1.165, 1.54) is 28.6 Å². The first-order valence-corrected chi connectivity index (χ1v) is 9.86. The maximum atomic E-state index is 12.6. The van der Waals surface area contributed by atoms with Crippen LogP contribution in [0.15, 0.2) is 47.4 Å². The molecule has 1 saturated heterocycles. The summed E-state index contributed by atoms with van der Waals surface area (Å²) in [5.74, 6) is -0.191. The van der Waals surface area contributed by atoms with Gasteiger partial charge < -0.3 is 9.47 Å². The lowest BCUT2D eigenvalue weighted by molar-refractivity contribution is 0.0730. The van der Waals surface area contributed by atoms with E-state index in [9.17, 15) is 13.2 Å². The number of sulfonamides is 1. The zero-order chi connectivity index (χ0) is 18.7. The molecule has 8 heteroatoms. The minimum atomic E-state index is -3.59. The maximum absolute atomic E-state index is 12.6. The molecule has 0 spiro atoms. The third-order valence-corrected chi connectivity index (χ3v) is 6.37. The maximum Gasteiger partial charge on any atom is 0.343 e. The molecule has 1 aliphatic rings. The van der Waals surface area contributed by atoms with Gasteiger partial charge in [0.2, 0.25) is 10.0 Å². The van der Waals surface area contributed by atoms with E-state index in [1.54, 1.807) is 18.2 Å². The van der Waals surface area contributed by atoms with Crippen LogP contribution in [0.2, 0.25) is 5.02 Å². The highest BCUT2D eigenvalue weighted by molar-refractivity contribution is 7.89.